The van der Waals surface area contributed by atoms with Crippen LogP contribution in [-0.4, -0.2) is 26.0 Å². The van der Waals surface area contributed by atoms with Crippen LogP contribution in [0, 0.1) is 5.92 Å². The Kier molecular flexibility index (Phi) is 3.70. The molecule has 0 saturated heterocycles. The molecule has 0 saturated carbocycles. The van der Waals surface area contributed by atoms with Crippen LogP contribution in [0.5, 0.6) is 5.75 Å². The van der Waals surface area contributed by atoms with Gasteiger partial charge in [-0.05, 0) is 43.2 Å². The molecule has 3 nitrogen and oxygen atoms in total. The maximum absolute atomic E-state index is 5.44. The van der Waals surface area contributed by atoms with Crippen LogP contribution in [0.15, 0.2) is 53.2 Å². The molecule has 104 valence electrons. The topological polar surface area (TPSA) is 30.8 Å². The third kappa shape index (κ3) is 2.54. The number of fused-ring (bicyclic) bond motifs is 1. The van der Waals surface area contributed by atoms with Crippen molar-refractivity contribution in [3.05, 3.63) is 53.8 Å². The highest BCUT2D eigenvalue weighted by Crippen LogP contribution is 2.31. The number of hydrogen-bond acceptors (Lipinski definition) is 3. The Balaban J connectivity index is 1.84. The fourth-order valence-electron chi connectivity index (χ4n) is 2.71. The minimum atomic E-state index is 0.325. The molecule has 1 aliphatic carbocycles. The number of rotatable bonds is 3. The van der Waals surface area contributed by atoms with E-state index in [1.165, 1.54) is 5.70 Å². The van der Waals surface area contributed by atoms with Crippen LogP contribution in [0.1, 0.15) is 18.4 Å². The first kappa shape index (κ1) is 13.1. The number of nitrogens with zero attached hydrogens (tertiary/aromatic N) is 1. The fraction of sp³-hybridized carbons (Fsp3) is 0.353. The predicted molar refractivity (Wildman–Crippen MR) is 80.3 cm³/mol. The van der Waals surface area contributed by atoms with E-state index >= 15 is 0 Å². The van der Waals surface area contributed by atoms with Crippen molar-refractivity contribution in [2.45, 2.75) is 18.9 Å². The molecule has 1 aromatic rings. The van der Waals surface area contributed by atoms with Crippen molar-refractivity contribution in [1.82, 2.24) is 0 Å². The number of methoxy groups -OCH3 is 2. The van der Waals surface area contributed by atoms with Gasteiger partial charge in [0.25, 0.3) is 0 Å². The van der Waals surface area contributed by atoms with E-state index in [1.54, 1.807) is 14.2 Å². The third-order valence-electron chi connectivity index (χ3n) is 3.94. The lowest BCUT2D eigenvalue weighted by molar-refractivity contribution is 0.0861. The van der Waals surface area contributed by atoms with Gasteiger partial charge in [0.2, 0.25) is 0 Å². The highest BCUT2D eigenvalue weighted by molar-refractivity contribution is 6.09. The van der Waals surface area contributed by atoms with E-state index in [1.807, 2.05) is 24.3 Å². The van der Waals surface area contributed by atoms with Gasteiger partial charge in [0.05, 0.1) is 18.9 Å². The molecule has 1 aromatic carbocycles. The van der Waals surface area contributed by atoms with Crippen LogP contribution < -0.4 is 4.74 Å². The molecule has 0 radical (unpaired) electrons. The standard InChI is InChI=1S/C17H19NO2/c1-19-14-6-3-12(4-7-14)16-9-5-13-11-15(20-2)8-10-17(13)18-16/h3-7,9-10,13,15H,8,11H2,1-2H3. The van der Waals surface area contributed by atoms with Crippen LogP contribution in [0.25, 0.3) is 0 Å². The fourth-order valence-corrected chi connectivity index (χ4v) is 2.71. The summed E-state index contributed by atoms with van der Waals surface area (Å²) in [6.07, 6.45) is 8.86. The van der Waals surface area contributed by atoms with Gasteiger partial charge in [-0.3, -0.25) is 4.99 Å². The van der Waals surface area contributed by atoms with E-state index in [-0.39, 0.29) is 0 Å². The Morgan fingerprint density at radius 2 is 1.95 bits per heavy atom. The van der Waals surface area contributed by atoms with Crippen LogP contribution in [0.2, 0.25) is 0 Å². The third-order valence-corrected chi connectivity index (χ3v) is 3.94. The minimum absolute atomic E-state index is 0.325. The molecule has 3 heteroatoms. The average molecular weight is 269 g/mol. The molecule has 0 amide bonds. The quantitative estimate of drug-likeness (QED) is 0.842. The summed E-state index contributed by atoms with van der Waals surface area (Å²) in [5.74, 6) is 1.27. The summed E-state index contributed by atoms with van der Waals surface area (Å²) >= 11 is 0. The van der Waals surface area contributed by atoms with Gasteiger partial charge < -0.3 is 9.47 Å². The van der Waals surface area contributed by atoms with E-state index in [2.05, 4.69) is 18.2 Å². The van der Waals surface area contributed by atoms with Crippen molar-refractivity contribution in [3.8, 4) is 5.75 Å². The summed E-state index contributed by atoms with van der Waals surface area (Å²) in [6, 6.07) is 8.02. The number of hydrogen-bond donors (Lipinski definition) is 0. The highest BCUT2D eigenvalue weighted by atomic mass is 16.5. The lowest BCUT2D eigenvalue weighted by atomic mass is 9.87. The van der Waals surface area contributed by atoms with Gasteiger partial charge in [0.15, 0.2) is 0 Å². The van der Waals surface area contributed by atoms with E-state index < -0.39 is 0 Å². The predicted octanol–water partition coefficient (Wildman–Crippen LogP) is 3.36. The maximum atomic E-state index is 5.44. The van der Waals surface area contributed by atoms with E-state index in [0.29, 0.717) is 12.0 Å². The molecule has 0 bridgehead atoms. The number of ether oxygens (including phenoxy) is 2. The molecule has 0 fully saturated rings. The Bertz CT molecular complexity index is 569. The number of benzene rings is 1. The van der Waals surface area contributed by atoms with Crippen LogP contribution >= 0.6 is 0 Å². The molecule has 2 aliphatic rings. The van der Waals surface area contributed by atoms with Gasteiger partial charge in [0, 0.05) is 24.3 Å². The second-order valence-electron chi connectivity index (χ2n) is 5.15. The zero-order valence-electron chi connectivity index (χ0n) is 11.9. The molecule has 1 heterocycles. The molecule has 20 heavy (non-hydrogen) atoms. The summed E-state index contributed by atoms with van der Waals surface area (Å²) < 4.78 is 10.6. The molecule has 3 rings (SSSR count). The van der Waals surface area contributed by atoms with Gasteiger partial charge in [-0.1, -0.05) is 12.2 Å². The average Bonchev–Trinajstić information content (AvgIpc) is 2.54. The normalized spacial score (nSPS) is 24.7. The second kappa shape index (κ2) is 5.63. The van der Waals surface area contributed by atoms with E-state index in [9.17, 15) is 0 Å². The Hall–Kier alpha value is -1.87. The number of dihydropyridines is 1. The van der Waals surface area contributed by atoms with Crippen molar-refractivity contribution >= 4 is 5.71 Å². The molecule has 0 N–H and O–H groups in total. The van der Waals surface area contributed by atoms with Crippen molar-refractivity contribution in [2.75, 3.05) is 14.2 Å². The first-order valence-corrected chi connectivity index (χ1v) is 6.94. The summed E-state index contributed by atoms with van der Waals surface area (Å²) in [4.78, 5) is 4.79. The van der Waals surface area contributed by atoms with Crippen molar-refractivity contribution in [1.29, 1.82) is 0 Å². The van der Waals surface area contributed by atoms with Crippen LogP contribution in [0.4, 0.5) is 0 Å². The van der Waals surface area contributed by atoms with Crippen molar-refractivity contribution in [3.63, 3.8) is 0 Å². The maximum Gasteiger partial charge on any atom is 0.118 e. The Morgan fingerprint density at radius 3 is 2.65 bits per heavy atom. The Labute approximate surface area is 119 Å². The van der Waals surface area contributed by atoms with Crippen LogP contribution in [-0.2, 0) is 4.74 Å². The zero-order chi connectivity index (χ0) is 13.9. The molecule has 0 spiro atoms. The summed E-state index contributed by atoms with van der Waals surface area (Å²) in [5.41, 5.74) is 3.31. The van der Waals surface area contributed by atoms with Gasteiger partial charge in [-0.25, -0.2) is 0 Å². The van der Waals surface area contributed by atoms with Gasteiger partial charge >= 0.3 is 0 Å². The minimum Gasteiger partial charge on any atom is -0.497 e. The first-order chi connectivity index (χ1) is 9.80. The SMILES string of the molecule is COc1ccc(C2=NC3=CCC(OC)CC3C=C2)cc1. The zero-order valence-corrected chi connectivity index (χ0v) is 11.9. The molecular weight excluding hydrogens is 250 g/mol. The van der Waals surface area contributed by atoms with Gasteiger partial charge in [-0.15, -0.1) is 0 Å². The van der Waals surface area contributed by atoms with Gasteiger partial charge in [0.1, 0.15) is 5.75 Å². The van der Waals surface area contributed by atoms with Gasteiger partial charge in [-0.2, -0.15) is 0 Å². The van der Waals surface area contributed by atoms with E-state index in [4.69, 9.17) is 14.5 Å². The van der Waals surface area contributed by atoms with Crippen LogP contribution in [0.3, 0.4) is 0 Å². The Morgan fingerprint density at radius 1 is 1.15 bits per heavy atom. The molecule has 2 atom stereocenters. The second-order valence-corrected chi connectivity index (χ2v) is 5.15. The largest absolute Gasteiger partial charge is 0.497 e. The number of allylic oxidation sites excluding steroid dienone is 2. The smallest absolute Gasteiger partial charge is 0.118 e. The molecule has 0 aromatic heterocycles. The lowest BCUT2D eigenvalue weighted by Gasteiger charge is -2.27. The molecule has 2 unspecified atom stereocenters. The number of aliphatic imine (C=N–C) groups is 1. The van der Waals surface area contributed by atoms with E-state index in [0.717, 1.165) is 29.9 Å². The molecular formula is C17H19NO2. The summed E-state index contributed by atoms with van der Waals surface area (Å²) in [6.45, 7) is 0. The summed E-state index contributed by atoms with van der Waals surface area (Å²) in [7, 11) is 3.46. The molecule has 1 aliphatic heterocycles. The summed E-state index contributed by atoms with van der Waals surface area (Å²) in [5, 5.41) is 0. The monoisotopic (exact) mass is 269 g/mol. The van der Waals surface area contributed by atoms with Crippen molar-refractivity contribution < 1.29 is 9.47 Å². The first-order valence-electron chi connectivity index (χ1n) is 6.94. The lowest BCUT2D eigenvalue weighted by Crippen LogP contribution is -2.22. The van der Waals surface area contributed by atoms with Crippen molar-refractivity contribution in [2.24, 2.45) is 10.9 Å². The highest BCUT2D eigenvalue weighted by Gasteiger charge is 2.24.